The first-order chi connectivity index (χ1) is 7.08. The van der Waals surface area contributed by atoms with Crippen LogP contribution in [0.4, 0.5) is 0 Å². The summed E-state index contributed by atoms with van der Waals surface area (Å²) in [5.41, 5.74) is 0. The molecule has 0 bridgehead atoms. The van der Waals surface area contributed by atoms with Crippen LogP contribution in [-0.2, 0) is 10.0 Å². The van der Waals surface area contributed by atoms with E-state index in [4.69, 9.17) is 0 Å². The van der Waals surface area contributed by atoms with Gasteiger partial charge in [-0.2, -0.15) is 0 Å². The van der Waals surface area contributed by atoms with Crippen molar-refractivity contribution in [2.75, 3.05) is 20.6 Å². The van der Waals surface area contributed by atoms with Gasteiger partial charge in [-0.05, 0) is 32.8 Å². The monoisotopic (exact) mass is 230 g/mol. The average Bonchev–Trinajstić information content (AvgIpc) is 2.30. The van der Waals surface area contributed by atoms with Crippen molar-refractivity contribution in [3.8, 4) is 0 Å². The van der Waals surface area contributed by atoms with Gasteiger partial charge in [-0.25, -0.2) is 13.1 Å². The first-order valence-electron chi connectivity index (χ1n) is 4.71. The summed E-state index contributed by atoms with van der Waals surface area (Å²) in [6.07, 6.45) is 0. The van der Waals surface area contributed by atoms with E-state index in [2.05, 4.69) is 17.0 Å². The highest BCUT2D eigenvalue weighted by molar-refractivity contribution is 7.89. The Morgan fingerprint density at radius 2 is 1.60 bits per heavy atom. The van der Waals surface area contributed by atoms with Gasteiger partial charge in [-0.1, -0.05) is 25.1 Å². The highest BCUT2D eigenvalue weighted by Gasteiger charge is 2.08. The van der Waals surface area contributed by atoms with Crippen molar-refractivity contribution in [2.45, 2.75) is 11.8 Å². The van der Waals surface area contributed by atoms with Crippen molar-refractivity contribution in [2.24, 2.45) is 0 Å². The Balaban J connectivity index is 0.000000423. The zero-order valence-corrected chi connectivity index (χ0v) is 10.1. The van der Waals surface area contributed by atoms with E-state index in [0.717, 1.165) is 6.54 Å². The third-order valence-electron chi connectivity index (χ3n) is 1.68. The van der Waals surface area contributed by atoms with E-state index in [0.29, 0.717) is 4.90 Å². The van der Waals surface area contributed by atoms with E-state index in [1.165, 1.54) is 7.05 Å². The second kappa shape index (κ2) is 7.39. The summed E-state index contributed by atoms with van der Waals surface area (Å²) < 4.78 is 24.4. The van der Waals surface area contributed by atoms with Gasteiger partial charge >= 0.3 is 0 Å². The number of hydrogen-bond donors (Lipinski definition) is 2. The number of nitrogens with one attached hydrogen (secondary N) is 2. The predicted molar refractivity (Wildman–Crippen MR) is 62.3 cm³/mol. The van der Waals surface area contributed by atoms with Crippen LogP contribution >= 0.6 is 0 Å². The molecule has 0 saturated carbocycles. The van der Waals surface area contributed by atoms with Gasteiger partial charge in [-0.3, -0.25) is 0 Å². The quantitative estimate of drug-likeness (QED) is 0.808. The van der Waals surface area contributed by atoms with E-state index in [-0.39, 0.29) is 0 Å². The van der Waals surface area contributed by atoms with Crippen LogP contribution in [0.25, 0.3) is 0 Å². The Labute approximate surface area is 91.8 Å². The molecule has 4 nitrogen and oxygen atoms in total. The van der Waals surface area contributed by atoms with Crippen LogP contribution in [-0.4, -0.2) is 29.1 Å². The van der Waals surface area contributed by atoms with Crippen molar-refractivity contribution in [1.29, 1.82) is 0 Å². The molecule has 0 aliphatic heterocycles. The molecule has 0 spiro atoms. The van der Waals surface area contributed by atoms with Crippen molar-refractivity contribution in [3.05, 3.63) is 30.3 Å². The largest absolute Gasteiger partial charge is 0.320 e. The molecule has 0 amide bonds. The predicted octanol–water partition coefficient (Wildman–Crippen LogP) is 0.820. The van der Waals surface area contributed by atoms with E-state index in [1.54, 1.807) is 30.3 Å². The van der Waals surface area contributed by atoms with Crippen LogP contribution < -0.4 is 10.0 Å². The second-order valence-electron chi connectivity index (χ2n) is 2.73. The smallest absolute Gasteiger partial charge is 0.240 e. The minimum absolute atomic E-state index is 0.294. The summed E-state index contributed by atoms with van der Waals surface area (Å²) in [6, 6.07) is 8.24. The molecule has 1 aromatic rings. The molecule has 0 aliphatic carbocycles. The lowest BCUT2D eigenvalue weighted by Crippen LogP contribution is -2.18. The third-order valence-corrected chi connectivity index (χ3v) is 3.11. The molecule has 0 atom stereocenters. The Kier molecular flexibility index (Phi) is 6.94. The Morgan fingerprint density at radius 1 is 1.13 bits per heavy atom. The fourth-order valence-electron chi connectivity index (χ4n) is 0.717. The highest BCUT2D eigenvalue weighted by Crippen LogP contribution is 2.05. The maximum Gasteiger partial charge on any atom is 0.240 e. The SMILES string of the molecule is CCNC.CNS(=O)(=O)c1ccccc1. The lowest BCUT2D eigenvalue weighted by Gasteiger charge is -1.99. The van der Waals surface area contributed by atoms with Crippen molar-refractivity contribution in [3.63, 3.8) is 0 Å². The fraction of sp³-hybridized carbons (Fsp3) is 0.400. The summed E-state index contributed by atoms with van der Waals surface area (Å²) in [4.78, 5) is 0.294. The summed E-state index contributed by atoms with van der Waals surface area (Å²) in [5.74, 6) is 0. The average molecular weight is 230 g/mol. The lowest BCUT2D eigenvalue weighted by atomic mass is 10.4. The molecular weight excluding hydrogens is 212 g/mol. The zero-order valence-electron chi connectivity index (χ0n) is 9.32. The molecular formula is C10H18N2O2S. The maximum absolute atomic E-state index is 11.1. The summed E-state index contributed by atoms with van der Waals surface area (Å²) in [6.45, 7) is 3.14. The molecule has 0 saturated heterocycles. The molecule has 86 valence electrons. The van der Waals surface area contributed by atoms with E-state index in [9.17, 15) is 8.42 Å². The van der Waals surface area contributed by atoms with Gasteiger partial charge in [0, 0.05) is 0 Å². The molecule has 0 heterocycles. The molecule has 1 aromatic carbocycles. The highest BCUT2D eigenvalue weighted by atomic mass is 32.2. The topological polar surface area (TPSA) is 58.2 Å². The van der Waals surface area contributed by atoms with Gasteiger partial charge in [0.05, 0.1) is 4.90 Å². The van der Waals surface area contributed by atoms with Gasteiger partial charge in [0.2, 0.25) is 10.0 Å². The van der Waals surface area contributed by atoms with Gasteiger partial charge in [-0.15, -0.1) is 0 Å². The van der Waals surface area contributed by atoms with Crippen LogP contribution in [0, 0.1) is 0 Å². The van der Waals surface area contributed by atoms with Crippen molar-refractivity contribution >= 4 is 10.0 Å². The molecule has 5 heteroatoms. The van der Waals surface area contributed by atoms with Crippen LogP contribution in [0.5, 0.6) is 0 Å². The van der Waals surface area contributed by atoms with Crippen molar-refractivity contribution < 1.29 is 8.42 Å². The molecule has 0 aromatic heterocycles. The normalized spacial score (nSPS) is 10.3. The Bertz CT molecular complexity index is 347. The van der Waals surface area contributed by atoms with Gasteiger partial charge in [0.1, 0.15) is 0 Å². The second-order valence-corrected chi connectivity index (χ2v) is 4.61. The first-order valence-corrected chi connectivity index (χ1v) is 6.20. The number of sulfonamides is 1. The van der Waals surface area contributed by atoms with Gasteiger partial charge < -0.3 is 5.32 Å². The maximum atomic E-state index is 11.1. The third kappa shape index (κ3) is 5.51. The fourth-order valence-corrected chi connectivity index (χ4v) is 1.47. The molecule has 0 radical (unpaired) electrons. The van der Waals surface area contributed by atoms with E-state index < -0.39 is 10.0 Å². The Hall–Kier alpha value is -0.910. The van der Waals surface area contributed by atoms with Crippen LogP contribution in [0.1, 0.15) is 6.92 Å². The van der Waals surface area contributed by atoms with Crippen LogP contribution in [0.3, 0.4) is 0 Å². The van der Waals surface area contributed by atoms with Crippen molar-refractivity contribution in [1.82, 2.24) is 10.0 Å². The molecule has 15 heavy (non-hydrogen) atoms. The first kappa shape index (κ1) is 14.1. The van der Waals surface area contributed by atoms with Gasteiger partial charge in [0.25, 0.3) is 0 Å². The molecule has 2 N–H and O–H groups in total. The number of hydrogen-bond acceptors (Lipinski definition) is 3. The minimum Gasteiger partial charge on any atom is -0.320 e. The zero-order chi connectivity index (χ0) is 11.7. The number of benzene rings is 1. The molecule has 1 rings (SSSR count). The summed E-state index contributed by atoms with van der Waals surface area (Å²) in [5, 5.41) is 2.93. The summed E-state index contributed by atoms with van der Waals surface area (Å²) in [7, 11) is 0.0736. The number of rotatable bonds is 3. The lowest BCUT2D eigenvalue weighted by molar-refractivity contribution is 0.588. The van der Waals surface area contributed by atoms with Crippen LogP contribution in [0.15, 0.2) is 35.2 Å². The van der Waals surface area contributed by atoms with Crippen LogP contribution in [0.2, 0.25) is 0 Å². The summed E-state index contributed by atoms with van der Waals surface area (Å²) >= 11 is 0. The standard InChI is InChI=1S/C7H9NO2S.C3H9N/c1-8-11(9,10)7-5-3-2-4-6-7;1-3-4-2/h2-6,8H,1H3;4H,3H2,1-2H3. The van der Waals surface area contributed by atoms with E-state index in [1.807, 2.05) is 7.05 Å². The minimum atomic E-state index is -3.25. The molecule has 0 aliphatic rings. The molecule has 0 fully saturated rings. The van der Waals surface area contributed by atoms with E-state index >= 15 is 0 Å². The Morgan fingerprint density at radius 3 is 1.93 bits per heavy atom. The molecule has 0 unspecified atom stereocenters. The van der Waals surface area contributed by atoms with Gasteiger partial charge in [0.15, 0.2) is 0 Å².